The van der Waals surface area contributed by atoms with Gasteiger partial charge in [0.15, 0.2) is 0 Å². The summed E-state index contributed by atoms with van der Waals surface area (Å²) in [6, 6.07) is 10.2. The average Bonchev–Trinajstić information content (AvgIpc) is 3.03. The molecule has 140 valence electrons. The Kier molecular flexibility index (Phi) is 8.93. The van der Waals surface area contributed by atoms with Gasteiger partial charge < -0.3 is 16.0 Å². The average molecular weight is 368 g/mol. The number of carbonyl (C=O) groups is 2. The van der Waals surface area contributed by atoms with Crippen LogP contribution in [0.5, 0.6) is 0 Å². The van der Waals surface area contributed by atoms with Crippen LogP contribution in [-0.4, -0.2) is 42.9 Å². The van der Waals surface area contributed by atoms with E-state index in [9.17, 15) is 9.59 Å². The normalized spacial score (nSPS) is 19.6. The molecule has 25 heavy (non-hydrogen) atoms. The fourth-order valence-electron chi connectivity index (χ4n) is 3.19. The number of hydrogen-bond donors (Lipinski definition) is 2. The summed E-state index contributed by atoms with van der Waals surface area (Å²) in [7, 11) is 0. The van der Waals surface area contributed by atoms with E-state index in [1.165, 1.54) is 5.56 Å². The Morgan fingerprint density at radius 2 is 1.92 bits per heavy atom. The molecular formula is C19H30ClN3O2. The SMILES string of the molecule is CC(C)CCC(=O)NCC(=O)N1C[C@@H](CN)[C@H](c2ccccc2)C1.Cl. The smallest absolute Gasteiger partial charge is 0.241 e. The predicted molar refractivity (Wildman–Crippen MR) is 103 cm³/mol. The molecule has 2 amide bonds. The van der Waals surface area contributed by atoms with E-state index in [1.54, 1.807) is 0 Å². The number of nitrogens with one attached hydrogen (secondary N) is 1. The molecule has 0 aliphatic carbocycles. The largest absolute Gasteiger partial charge is 0.347 e. The number of halogens is 1. The first-order chi connectivity index (χ1) is 11.5. The van der Waals surface area contributed by atoms with Gasteiger partial charge in [0, 0.05) is 25.4 Å². The summed E-state index contributed by atoms with van der Waals surface area (Å²) in [5.41, 5.74) is 7.13. The number of amides is 2. The van der Waals surface area contributed by atoms with Crippen molar-refractivity contribution in [3.8, 4) is 0 Å². The highest BCUT2D eigenvalue weighted by Gasteiger charge is 2.35. The van der Waals surface area contributed by atoms with Crippen molar-refractivity contribution in [2.45, 2.75) is 32.6 Å². The van der Waals surface area contributed by atoms with Crippen molar-refractivity contribution in [1.82, 2.24) is 10.2 Å². The standard InChI is InChI=1S/C19H29N3O2.ClH/c1-14(2)8-9-18(23)21-11-19(24)22-12-16(10-20)17(13-22)15-6-4-3-5-7-15;/h3-7,14,16-17H,8-13,20H2,1-2H3,(H,21,23);1H/t16-,17+;/m1./s1. The highest BCUT2D eigenvalue weighted by Crippen LogP contribution is 2.31. The van der Waals surface area contributed by atoms with Crippen molar-refractivity contribution < 1.29 is 9.59 Å². The molecule has 3 N–H and O–H groups in total. The van der Waals surface area contributed by atoms with Gasteiger partial charge in [-0.2, -0.15) is 0 Å². The topological polar surface area (TPSA) is 75.4 Å². The van der Waals surface area contributed by atoms with Gasteiger partial charge in [0.05, 0.1) is 6.54 Å². The minimum atomic E-state index is -0.0498. The lowest BCUT2D eigenvalue weighted by Crippen LogP contribution is -2.39. The molecule has 2 atom stereocenters. The van der Waals surface area contributed by atoms with E-state index < -0.39 is 0 Å². The van der Waals surface area contributed by atoms with E-state index in [0.717, 1.165) is 6.42 Å². The number of likely N-dealkylation sites (tertiary alicyclic amines) is 1. The van der Waals surface area contributed by atoms with Crippen molar-refractivity contribution in [2.24, 2.45) is 17.6 Å². The molecule has 1 saturated heterocycles. The summed E-state index contributed by atoms with van der Waals surface area (Å²) in [4.78, 5) is 26.0. The minimum Gasteiger partial charge on any atom is -0.347 e. The van der Waals surface area contributed by atoms with Gasteiger partial charge in [-0.3, -0.25) is 9.59 Å². The number of carbonyl (C=O) groups excluding carboxylic acids is 2. The van der Waals surface area contributed by atoms with Crippen molar-refractivity contribution in [2.75, 3.05) is 26.2 Å². The van der Waals surface area contributed by atoms with Crippen molar-refractivity contribution >= 4 is 24.2 Å². The third kappa shape index (κ3) is 6.33. The molecule has 2 rings (SSSR count). The maximum absolute atomic E-state index is 12.4. The molecule has 1 aromatic rings. The molecule has 0 bridgehead atoms. The third-order valence-corrected chi connectivity index (χ3v) is 4.71. The zero-order valence-corrected chi connectivity index (χ0v) is 15.9. The van der Waals surface area contributed by atoms with Crippen LogP contribution < -0.4 is 11.1 Å². The van der Waals surface area contributed by atoms with Crippen molar-refractivity contribution in [1.29, 1.82) is 0 Å². The fraction of sp³-hybridized carbons (Fsp3) is 0.579. The number of rotatable bonds is 7. The Morgan fingerprint density at radius 3 is 2.52 bits per heavy atom. The molecular weight excluding hydrogens is 338 g/mol. The lowest BCUT2D eigenvalue weighted by Gasteiger charge is -2.17. The van der Waals surface area contributed by atoms with E-state index in [0.29, 0.717) is 32.0 Å². The van der Waals surface area contributed by atoms with E-state index in [1.807, 2.05) is 23.1 Å². The molecule has 0 spiro atoms. The van der Waals surface area contributed by atoms with E-state index in [-0.39, 0.29) is 42.6 Å². The summed E-state index contributed by atoms with van der Waals surface area (Å²) in [5, 5.41) is 2.74. The summed E-state index contributed by atoms with van der Waals surface area (Å²) in [6.07, 6.45) is 1.32. The molecule has 0 unspecified atom stereocenters. The van der Waals surface area contributed by atoms with Crippen LogP contribution in [0.4, 0.5) is 0 Å². The molecule has 0 aromatic heterocycles. The second-order valence-corrected chi connectivity index (χ2v) is 7.02. The zero-order chi connectivity index (χ0) is 17.5. The first-order valence-corrected chi connectivity index (χ1v) is 8.80. The second-order valence-electron chi connectivity index (χ2n) is 7.02. The van der Waals surface area contributed by atoms with Crippen LogP contribution in [0, 0.1) is 11.8 Å². The summed E-state index contributed by atoms with van der Waals surface area (Å²) < 4.78 is 0. The van der Waals surface area contributed by atoms with Crippen LogP contribution >= 0.6 is 12.4 Å². The quantitative estimate of drug-likeness (QED) is 0.775. The Balaban J connectivity index is 0.00000312. The van der Waals surface area contributed by atoms with Crippen molar-refractivity contribution in [3.05, 3.63) is 35.9 Å². The molecule has 1 heterocycles. The third-order valence-electron chi connectivity index (χ3n) is 4.71. The molecule has 0 radical (unpaired) electrons. The predicted octanol–water partition coefficient (Wildman–Crippen LogP) is 2.16. The fourth-order valence-corrected chi connectivity index (χ4v) is 3.19. The second kappa shape index (κ2) is 10.4. The first kappa shape index (κ1) is 21.5. The lowest BCUT2D eigenvalue weighted by molar-refractivity contribution is -0.132. The first-order valence-electron chi connectivity index (χ1n) is 8.80. The molecule has 1 aliphatic heterocycles. The van der Waals surface area contributed by atoms with Crippen LogP contribution in [-0.2, 0) is 9.59 Å². The van der Waals surface area contributed by atoms with E-state index in [4.69, 9.17) is 5.73 Å². The number of nitrogens with two attached hydrogens (primary N) is 1. The van der Waals surface area contributed by atoms with E-state index in [2.05, 4.69) is 31.3 Å². The van der Waals surface area contributed by atoms with Gasteiger partial charge in [0.2, 0.25) is 11.8 Å². The van der Waals surface area contributed by atoms with Gasteiger partial charge in [0.25, 0.3) is 0 Å². The Labute approximate surface area is 156 Å². The molecule has 5 nitrogen and oxygen atoms in total. The summed E-state index contributed by atoms with van der Waals surface area (Å²) >= 11 is 0. The van der Waals surface area contributed by atoms with E-state index >= 15 is 0 Å². The summed E-state index contributed by atoms with van der Waals surface area (Å²) in [6.45, 7) is 6.14. The van der Waals surface area contributed by atoms with Gasteiger partial charge >= 0.3 is 0 Å². The Hall–Kier alpha value is -1.59. The molecule has 1 aliphatic rings. The van der Waals surface area contributed by atoms with Crippen LogP contribution in [0.15, 0.2) is 30.3 Å². The van der Waals surface area contributed by atoms with Crippen LogP contribution in [0.25, 0.3) is 0 Å². The number of hydrogen-bond acceptors (Lipinski definition) is 3. The molecule has 1 aromatic carbocycles. The van der Waals surface area contributed by atoms with Gasteiger partial charge in [-0.25, -0.2) is 0 Å². The number of nitrogens with zero attached hydrogens (tertiary/aromatic N) is 1. The molecule has 6 heteroatoms. The Bertz CT molecular complexity index is 551. The number of benzene rings is 1. The highest BCUT2D eigenvalue weighted by molar-refractivity contribution is 5.85. The maximum Gasteiger partial charge on any atom is 0.241 e. The molecule has 0 saturated carbocycles. The Morgan fingerprint density at radius 1 is 1.24 bits per heavy atom. The van der Waals surface area contributed by atoms with Gasteiger partial charge in [-0.1, -0.05) is 44.2 Å². The van der Waals surface area contributed by atoms with Crippen LogP contribution in [0.2, 0.25) is 0 Å². The molecule has 1 fully saturated rings. The van der Waals surface area contributed by atoms with Gasteiger partial charge in [-0.15, -0.1) is 12.4 Å². The lowest BCUT2D eigenvalue weighted by atomic mass is 9.89. The van der Waals surface area contributed by atoms with Crippen molar-refractivity contribution in [3.63, 3.8) is 0 Å². The van der Waals surface area contributed by atoms with Gasteiger partial charge in [-0.05, 0) is 30.4 Å². The summed E-state index contributed by atoms with van der Waals surface area (Å²) in [5.74, 6) is 0.961. The zero-order valence-electron chi connectivity index (χ0n) is 15.1. The maximum atomic E-state index is 12.4. The van der Waals surface area contributed by atoms with Gasteiger partial charge in [0.1, 0.15) is 0 Å². The monoisotopic (exact) mass is 367 g/mol. The highest BCUT2D eigenvalue weighted by atomic mass is 35.5. The minimum absolute atomic E-state index is 0. The van der Waals surface area contributed by atoms with Crippen LogP contribution in [0.1, 0.15) is 38.2 Å². The van der Waals surface area contributed by atoms with Crippen LogP contribution in [0.3, 0.4) is 0 Å².